The number of aromatic nitrogens is 1. The summed E-state index contributed by atoms with van der Waals surface area (Å²) >= 11 is 5.97. The van der Waals surface area contributed by atoms with Crippen molar-refractivity contribution < 1.29 is 9.90 Å². The molecular formula is C16H26ClN3O2. The molecule has 0 aliphatic heterocycles. The Balaban J connectivity index is 2.71. The van der Waals surface area contributed by atoms with Gasteiger partial charge in [-0.05, 0) is 36.8 Å². The molecule has 1 aromatic rings. The van der Waals surface area contributed by atoms with E-state index in [1.165, 1.54) is 0 Å². The van der Waals surface area contributed by atoms with Gasteiger partial charge in [0.25, 0.3) is 5.91 Å². The minimum absolute atomic E-state index is 0.138. The Morgan fingerprint density at radius 3 is 2.64 bits per heavy atom. The van der Waals surface area contributed by atoms with E-state index >= 15 is 0 Å². The Morgan fingerprint density at radius 2 is 2.09 bits per heavy atom. The molecule has 0 saturated carbocycles. The van der Waals surface area contributed by atoms with Crippen LogP contribution in [0.5, 0.6) is 0 Å². The SMILES string of the molecule is CC(C)CC(CCO)CNC(=O)c1cc(Cl)nc(N(C)C)c1. The third-order valence-corrected chi connectivity index (χ3v) is 3.59. The molecule has 6 heteroatoms. The van der Waals surface area contributed by atoms with Crippen LogP contribution in [0.3, 0.4) is 0 Å². The van der Waals surface area contributed by atoms with E-state index in [1.54, 1.807) is 17.0 Å². The molecule has 1 aromatic heterocycles. The summed E-state index contributed by atoms with van der Waals surface area (Å²) in [6.07, 6.45) is 1.67. The monoisotopic (exact) mass is 327 g/mol. The molecule has 1 unspecified atom stereocenters. The molecule has 0 aliphatic rings. The molecule has 0 fully saturated rings. The van der Waals surface area contributed by atoms with E-state index in [9.17, 15) is 4.79 Å². The molecule has 0 saturated heterocycles. The quantitative estimate of drug-likeness (QED) is 0.720. The van der Waals surface area contributed by atoms with Gasteiger partial charge in [-0.2, -0.15) is 0 Å². The summed E-state index contributed by atoms with van der Waals surface area (Å²) in [5, 5.41) is 12.3. The van der Waals surface area contributed by atoms with Crippen LogP contribution >= 0.6 is 11.6 Å². The number of nitrogens with zero attached hydrogens (tertiary/aromatic N) is 2. The molecule has 1 amide bonds. The highest BCUT2D eigenvalue weighted by atomic mass is 35.5. The van der Waals surface area contributed by atoms with Crippen molar-refractivity contribution in [3.05, 3.63) is 22.8 Å². The van der Waals surface area contributed by atoms with Gasteiger partial charge in [0, 0.05) is 32.8 Å². The molecule has 2 N–H and O–H groups in total. The number of aliphatic hydroxyl groups excluding tert-OH is 1. The maximum Gasteiger partial charge on any atom is 0.251 e. The van der Waals surface area contributed by atoms with Gasteiger partial charge in [-0.1, -0.05) is 25.4 Å². The molecule has 0 radical (unpaired) electrons. The smallest absolute Gasteiger partial charge is 0.251 e. The van der Waals surface area contributed by atoms with Crippen molar-refractivity contribution in [3.63, 3.8) is 0 Å². The van der Waals surface area contributed by atoms with Crippen LogP contribution in [0.25, 0.3) is 0 Å². The average Bonchev–Trinajstić information content (AvgIpc) is 2.43. The molecule has 124 valence electrons. The van der Waals surface area contributed by atoms with Crippen molar-refractivity contribution in [2.24, 2.45) is 11.8 Å². The number of carbonyl (C=O) groups excluding carboxylic acids is 1. The number of aliphatic hydroxyl groups is 1. The number of amides is 1. The first-order valence-electron chi connectivity index (χ1n) is 7.57. The lowest BCUT2D eigenvalue weighted by atomic mass is 9.94. The minimum atomic E-state index is -0.168. The Kier molecular flexibility index (Phi) is 7.62. The Bertz CT molecular complexity index is 492. The van der Waals surface area contributed by atoms with Crippen molar-refractivity contribution in [1.82, 2.24) is 10.3 Å². The summed E-state index contributed by atoms with van der Waals surface area (Å²) < 4.78 is 0. The summed E-state index contributed by atoms with van der Waals surface area (Å²) in [5.41, 5.74) is 0.496. The third kappa shape index (κ3) is 6.20. The van der Waals surface area contributed by atoms with Crippen molar-refractivity contribution in [1.29, 1.82) is 0 Å². The van der Waals surface area contributed by atoms with Crippen LogP contribution in [0.15, 0.2) is 12.1 Å². The van der Waals surface area contributed by atoms with Gasteiger partial charge in [-0.25, -0.2) is 4.98 Å². The Hall–Kier alpha value is -1.33. The van der Waals surface area contributed by atoms with Gasteiger partial charge in [0.1, 0.15) is 11.0 Å². The van der Waals surface area contributed by atoms with E-state index in [-0.39, 0.29) is 18.4 Å². The first-order chi connectivity index (χ1) is 10.3. The van der Waals surface area contributed by atoms with Crippen LogP contribution < -0.4 is 10.2 Å². The van der Waals surface area contributed by atoms with E-state index in [4.69, 9.17) is 16.7 Å². The molecule has 1 atom stereocenters. The van der Waals surface area contributed by atoms with E-state index < -0.39 is 0 Å². The molecule has 0 aromatic carbocycles. The fraction of sp³-hybridized carbons (Fsp3) is 0.625. The third-order valence-electron chi connectivity index (χ3n) is 3.39. The topological polar surface area (TPSA) is 65.5 Å². The van der Waals surface area contributed by atoms with Gasteiger partial charge in [-0.3, -0.25) is 4.79 Å². The van der Waals surface area contributed by atoms with Gasteiger partial charge in [0.05, 0.1) is 0 Å². The summed E-state index contributed by atoms with van der Waals surface area (Å²) in [6, 6.07) is 3.28. The normalized spacial score (nSPS) is 12.3. The Labute approximate surface area is 137 Å². The van der Waals surface area contributed by atoms with Crippen LogP contribution in [0.4, 0.5) is 5.82 Å². The number of hydrogen-bond acceptors (Lipinski definition) is 4. The maximum absolute atomic E-state index is 12.3. The number of halogens is 1. The zero-order chi connectivity index (χ0) is 16.7. The number of nitrogens with one attached hydrogen (secondary N) is 1. The Morgan fingerprint density at radius 1 is 1.41 bits per heavy atom. The van der Waals surface area contributed by atoms with Crippen LogP contribution in [0.1, 0.15) is 37.0 Å². The zero-order valence-corrected chi connectivity index (χ0v) is 14.5. The summed E-state index contributed by atoms with van der Waals surface area (Å²) in [7, 11) is 3.69. The van der Waals surface area contributed by atoms with Crippen LogP contribution in [0.2, 0.25) is 5.15 Å². The van der Waals surface area contributed by atoms with Gasteiger partial charge in [0.15, 0.2) is 0 Å². The molecule has 0 spiro atoms. The number of rotatable bonds is 8. The van der Waals surface area contributed by atoms with E-state index in [2.05, 4.69) is 24.1 Å². The number of hydrogen-bond donors (Lipinski definition) is 2. The lowest BCUT2D eigenvalue weighted by molar-refractivity contribution is 0.0941. The number of carbonyl (C=O) groups is 1. The second-order valence-electron chi connectivity index (χ2n) is 6.15. The van der Waals surface area contributed by atoms with Gasteiger partial charge < -0.3 is 15.3 Å². The second kappa shape index (κ2) is 8.96. The lowest BCUT2D eigenvalue weighted by Crippen LogP contribution is -2.30. The van der Waals surface area contributed by atoms with Gasteiger partial charge in [-0.15, -0.1) is 0 Å². The summed E-state index contributed by atoms with van der Waals surface area (Å²) in [6.45, 7) is 4.96. The number of pyridine rings is 1. The fourth-order valence-corrected chi connectivity index (χ4v) is 2.54. The molecule has 0 aliphatic carbocycles. The molecule has 0 bridgehead atoms. The minimum Gasteiger partial charge on any atom is -0.396 e. The van der Waals surface area contributed by atoms with Crippen LogP contribution in [-0.4, -0.2) is 43.2 Å². The molecule has 1 rings (SSSR count). The lowest BCUT2D eigenvalue weighted by Gasteiger charge is -2.19. The van der Waals surface area contributed by atoms with E-state index in [0.29, 0.717) is 35.4 Å². The van der Waals surface area contributed by atoms with Crippen molar-refractivity contribution >= 4 is 23.3 Å². The largest absolute Gasteiger partial charge is 0.396 e. The second-order valence-corrected chi connectivity index (χ2v) is 6.54. The number of anilines is 1. The van der Waals surface area contributed by atoms with Gasteiger partial charge in [0.2, 0.25) is 0 Å². The highest BCUT2D eigenvalue weighted by Crippen LogP contribution is 2.17. The standard InChI is InChI=1S/C16H26ClN3O2/c1-11(2)7-12(5-6-21)10-18-16(22)13-8-14(17)19-15(9-13)20(3)4/h8-9,11-12,21H,5-7,10H2,1-4H3,(H,18,22). The molecule has 5 nitrogen and oxygen atoms in total. The van der Waals surface area contributed by atoms with Crippen molar-refractivity contribution in [2.45, 2.75) is 26.7 Å². The van der Waals surface area contributed by atoms with Gasteiger partial charge >= 0.3 is 0 Å². The highest BCUT2D eigenvalue weighted by molar-refractivity contribution is 6.29. The van der Waals surface area contributed by atoms with Crippen LogP contribution in [0, 0.1) is 11.8 Å². The summed E-state index contributed by atoms with van der Waals surface area (Å²) in [5.74, 6) is 1.29. The fourth-order valence-electron chi connectivity index (χ4n) is 2.33. The average molecular weight is 328 g/mol. The first-order valence-corrected chi connectivity index (χ1v) is 7.95. The summed E-state index contributed by atoms with van der Waals surface area (Å²) in [4.78, 5) is 18.2. The molecular weight excluding hydrogens is 302 g/mol. The predicted octanol–water partition coefficient (Wildman–Crippen LogP) is 2.58. The molecule has 1 heterocycles. The van der Waals surface area contributed by atoms with E-state index in [1.807, 2.05) is 14.1 Å². The first kappa shape index (κ1) is 18.7. The van der Waals surface area contributed by atoms with Crippen LogP contribution in [-0.2, 0) is 0 Å². The predicted molar refractivity (Wildman–Crippen MR) is 90.6 cm³/mol. The van der Waals surface area contributed by atoms with E-state index in [0.717, 1.165) is 6.42 Å². The highest BCUT2D eigenvalue weighted by Gasteiger charge is 2.14. The molecule has 22 heavy (non-hydrogen) atoms. The maximum atomic E-state index is 12.3. The van der Waals surface area contributed by atoms with Crippen molar-refractivity contribution in [3.8, 4) is 0 Å². The zero-order valence-electron chi connectivity index (χ0n) is 13.8. The van der Waals surface area contributed by atoms with Crippen molar-refractivity contribution in [2.75, 3.05) is 32.1 Å².